The molecule has 0 unspecified atom stereocenters. The monoisotopic (exact) mass is 211 g/mol. The van der Waals surface area contributed by atoms with Crippen molar-refractivity contribution in [2.75, 3.05) is 13.6 Å². The van der Waals surface area contributed by atoms with Crippen molar-refractivity contribution in [1.82, 2.24) is 5.32 Å². The van der Waals surface area contributed by atoms with Crippen molar-refractivity contribution in [2.45, 2.75) is 13.3 Å². The Morgan fingerprint density at radius 2 is 2.07 bits per heavy atom. The Bertz CT molecular complexity index is 359. The zero-order valence-corrected chi connectivity index (χ0v) is 8.98. The lowest BCUT2D eigenvalue weighted by Gasteiger charge is -2.02. The van der Waals surface area contributed by atoms with Gasteiger partial charge in [0.1, 0.15) is 0 Å². The molecule has 1 rings (SSSR count). The summed E-state index contributed by atoms with van der Waals surface area (Å²) in [7, 11) is 1.87. The van der Waals surface area contributed by atoms with Gasteiger partial charge in [-0.05, 0) is 44.1 Å². The summed E-state index contributed by atoms with van der Waals surface area (Å²) in [6, 6.07) is 2.74. The van der Waals surface area contributed by atoms with Crippen LogP contribution < -0.4 is 5.32 Å². The second-order valence-corrected chi connectivity index (χ2v) is 3.37. The summed E-state index contributed by atoms with van der Waals surface area (Å²) < 4.78 is 25.9. The van der Waals surface area contributed by atoms with Crippen molar-refractivity contribution in [3.8, 4) is 0 Å². The first-order valence-corrected chi connectivity index (χ1v) is 4.92. The summed E-state index contributed by atoms with van der Waals surface area (Å²) in [5.74, 6) is -1.55. The van der Waals surface area contributed by atoms with E-state index in [2.05, 4.69) is 5.32 Å². The Hall–Kier alpha value is -1.22. The van der Waals surface area contributed by atoms with Crippen molar-refractivity contribution in [3.63, 3.8) is 0 Å². The summed E-state index contributed by atoms with van der Waals surface area (Å²) in [5, 5.41) is 3.00. The van der Waals surface area contributed by atoms with Gasteiger partial charge in [-0.2, -0.15) is 0 Å². The number of halogens is 2. The summed E-state index contributed by atoms with van der Waals surface area (Å²) in [4.78, 5) is 0. The molecule has 0 saturated carbocycles. The third kappa shape index (κ3) is 3.13. The van der Waals surface area contributed by atoms with E-state index in [0.29, 0.717) is 5.56 Å². The summed E-state index contributed by atoms with van der Waals surface area (Å²) >= 11 is 0. The van der Waals surface area contributed by atoms with Crippen LogP contribution in [0.15, 0.2) is 18.2 Å². The fourth-order valence-corrected chi connectivity index (χ4v) is 1.29. The van der Waals surface area contributed by atoms with Crippen molar-refractivity contribution in [3.05, 3.63) is 41.0 Å². The third-order valence-electron chi connectivity index (χ3n) is 2.24. The molecule has 0 aliphatic carbocycles. The number of nitrogens with one attached hydrogen (secondary N) is 1. The van der Waals surface area contributed by atoms with Crippen molar-refractivity contribution < 1.29 is 8.78 Å². The molecule has 1 N–H and O–H groups in total. The topological polar surface area (TPSA) is 12.0 Å². The number of benzene rings is 1. The molecule has 15 heavy (non-hydrogen) atoms. The Morgan fingerprint density at radius 3 is 2.73 bits per heavy atom. The van der Waals surface area contributed by atoms with Gasteiger partial charge >= 0.3 is 0 Å². The molecule has 0 atom stereocenters. The highest BCUT2D eigenvalue weighted by molar-refractivity contribution is 5.53. The number of rotatable bonds is 4. The third-order valence-corrected chi connectivity index (χ3v) is 2.24. The van der Waals surface area contributed by atoms with Gasteiger partial charge in [0.15, 0.2) is 11.6 Å². The first kappa shape index (κ1) is 11.9. The smallest absolute Gasteiger partial charge is 0.162 e. The highest BCUT2D eigenvalue weighted by Gasteiger charge is 2.06. The number of hydrogen-bond acceptors (Lipinski definition) is 1. The summed E-state index contributed by atoms with van der Waals surface area (Å²) in [6.45, 7) is 2.45. The van der Waals surface area contributed by atoms with E-state index in [-0.39, 0.29) is 0 Å². The van der Waals surface area contributed by atoms with Crippen LogP contribution in [0.1, 0.15) is 17.5 Å². The molecule has 1 aromatic carbocycles. The van der Waals surface area contributed by atoms with Crippen LogP contribution in [0.3, 0.4) is 0 Å². The molecule has 0 aliphatic heterocycles. The molecule has 0 heterocycles. The van der Waals surface area contributed by atoms with E-state index >= 15 is 0 Å². The maximum absolute atomic E-state index is 13.1. The Kier molecular flexibility index (Phi) is 4.43. The van der Waals surface area contributed by atoms with E-state index in [1.165, 1.54) is 0 Å². The summed E-state index contributed by atoms with van der Waals surface area (Å²) in [6.07, 6.45) is 4.63. The van der Waals surface area contributed by atoms with Crippen molar-refractivity contribution >= 4 is 6.08 Å². The van der Waals surface area contributed by atoms with E-state index in [9.17, 15) is 8.78 Å². The van der Waals surface area contributed by atoms with Gasteiger partial charge in [-0.3, -0.25) is 0 Å². The lowest BCUT2D eigenvalue weighted by atomic mass is 10.1. The molecular weight excluding hydrogens is 196 g/mol. The molecule has 0 saturated heterocycles. The molecule has 1 aromatic rings. The van der Waals surface area contributed by atoms with Gasteiger partial charge in [-0.1, -0.05) is 18.2 Å². The maximum Gasteiger partial charge on any atom is 0.162 e. The van der Waals surface area contributed by atoms with E-state index in [4.69, 9.17) is 0 Å². The van der Waals surface area contributed by atoms with Crippen LogP contribution in [0.4, 0.5) is 8.78 Å². The minimum absolute atomic E-state index is 0.357. The molecular formula is C12H15F2N. The molecule has 82 valence electrons. The molecule has 0 bridgehead atoms. The van der Waals surface area contributed by atoms with Crippen molar-refractivity contribution in [2.24, 2.45) is 0 Å². The molecule has 0 fully saturated rings. The average Bonchev–Trinajstić information content (AvgIpc) is 2.24. The SMILES string of the molecule is CNCCC=Cc1ccc(F)c(F)c1C. The largest absolute Gasteiger partial charge is 0.319 e. The van der Waals surface area contributed by atoms with E-state index in [1.54, 1.807) is 13.0 Å². The molecule has 0 radical (unpaired) electrons. The molecule has 1 nitrogen and oxygen atoms in total. The van der Waals surface area contributed by atoms with Crippen LogP contribution in [-0.4, -0.2) is 13.6 Å². The molecule has 0 amide bonds. The van der Waals surface area contributed by atoms with Crippen LogP contribution in [-0.2, 0) is 0 Å². The Balaban J connectivity index is 2.78. The maximum atomic E-state index is 13.1. The predicted molar refractivity (Wildman–Crippen MR) is 58.7 cm³/mol. The van der Waals surface area contributed by atoms with E-state index in [0.717, 1.165) is 24.6 Å². The number of hydrogen-bond donors (Lipinski definition) is 1. The van der Waals surface area contributed by atoms with Gasteiger partial charge in [0, 0.05) is 0 Å². The standard InChI is InChI=1S/C12H15F2N/c1-9-10(5-3-4-8-15-2)6-7-11(13)12(9)14/h3,5-7,15H,4,8H2,1-2H3. The van der Waals surface area contributed by atoms with Gasteiger partial charge in [-0.15, -0.1) is 0 Å². The van der Waals surface area contributed by atoms with Gasteiger partial charge in [0.05, 0.1) is 0 Å². The minimum atomic E-state index is -0.792. The molecule has 0 aromatic heterocycles. The minimum Gasteiger partial charge on any atom is -0.319 e. The highest BCUT2D eigenvalue weighted by Crippen LogP contribution is 2.17. The zero-order valence-electron chi connectivity index (χ0n) is 8.98. The van der Waals surface area contributed by atoms with E-state index in [1.807, 2.05) is 19.2 Å². The predicted octanol–water partition coefficient (Wildman–Crippen LogP) is 2.90. The Morgan fingerprint density at radius 1 is 1.33 bits per heavy atom. The lowest BCUT2D eigenvalue weighted by molar-refractivity contribution is 0.503. The van der Waals surface area contributed by atoms with Crippen LogP contribution in [0.5, 0.6) is 0 Å². The van der Waals surface area contributed by atoms with Gasteiger partial charge < -0.3 is 5.32 Å². The van der Waals surface area contributed by atoms with E-state index < -0.39 is 11.6 Å². The van der Waals surface area contributed by atoms with Crippen molar-refractivity contribution in [1.29, 1.82) is 0 Å². The van der Waals surface area contributed by atoms with Gasteiger partial charge in [0.25, 0.3) is 0 Å². The normalized spacial score (nSPS) is 11.2. The Labute approximate surface area is 88.8 Å². The zero-order chi connectivity index (χ0) is 11.3. The van der Waals surface area contributed by atoms with Crippen LogP contribution in [0.2, 0.25) is 0 Å². The second-order valence-electron chi connectivity index (χ2n) is 3.37. The lowest BCUT2D eigenvalue weighted by Crippen LogP contribution is -2.05. The molecule has 0 spiro atoms. The molecule has 3 heteroatoms. The quantitative estimate of drug-likeness (QED) is 0.755. The second kappa shape index (κ2) is 5.61. The highest BCUT2D eigenvalue weighted by atomic mass is 19.2. The van der Waals surface area contributed by atoms with Gasteiger partial charge in [-0.25, -0.2) is 8.78 Å². The van der Waals surface area contributed by atoms with Crippen LogP contribution in [0, 0.1) is 18.6 Å². The first-order chi connectivity index (χ1) is 7.16. The van der Waals surface area contributed by atoms with Gasteiger partial charge in [0.2, 0.25) is 0 Å². The average molecular weight is 211 g/mol. The molecule has 0 aliphatic rings. The summed E-state index contributed by atoms with van der Waals surface area (Å²) in [5.41, 5.74) is 1.08. The fraction of sp³-hybridized carbons (Fsp3) is 0.333. The first-order valence-electron chi connectivity index (χ1n) is 4.92. The fourth-order valence-electron chi connectivity index (χ4n) is 1.29. The van der Waals surface area contributed by atoms with Crippen LogP contribution in [0.25, 0.3) is 6.08 Å². The van der Waals surface area contributed by atoms with Crippen LogP contribution >= 0.6 is 0 Å².